The first-order valence-corrected chi connectivity index (χ1v) is 9.74. The van der Waals surface area contributed by atoms with Crippen molar-refractivity contribution >= 4 is 37.5 Å². The number of aliphatic hydroxyl groups is 3. The molecule has 0 aliphatic carbocycles. The van der Waals surface area contributed by atoms with E-state index in [1.165, 1.54) is 11.3 Å². The van der Waals surface area contributed by atoms with Gasteiger partial charge in [-0.25, -0.2) is 4.79 Å². The zero-order valence-corrected chi connectivity index (χ0v) is 16.1. The molecular formula is C17H15BrN2O6S. The van der Waals surface area contributed by atoms with Crippen LogP contribution in [0.25, 0.3) is 21.3 Å². The molecule has 142 valence electrons. The van der Waals surface area contributed by atoms with E-state index in [9.17, 15) is 24.9 Å². The fraction of sp³-hybridized carbons (Fsp3) is 0.294. The zero-order chi connectivity index (χ0) is 19.3. The predicted octanol–water partition coefficient (Wildman–Crippen LogP) is 0.792. The van der Waals surface area contributed by atoms with Crippen LogP contribution in [0.15, 0.2) is 43.7 Å². The number of hydrogen-bond donors (Lipinski definition) is 4. The number of halogens is 1. The third-order valence-corrected chi connectivity index (χ3v) is 6.07. The molecule has 10 heteroatoms. The van der Waals surface area contributed by atoms with Crippen molar-refractivity contribution in [2.75, 3.05) is 6.61 Å². The molecule has 4 N–H and O–H groups in total. The SMILES string of the molecule is O=c1[nH]c(=O)n([C@@H]2O[C@H](CO)[C@@H](O)[C@H]2O)c2c(-c3ccc(Br)cc3)csc12. The zero-order valence-electron chi connectivity index (χ0n) is 13.7. The van der Waals surface area contributed by atoms with Crippen LogP contribution in [-0.4, -0.2) is 49.8 Å². The quantitative estimate of drug-likeness (QED) is 0.463. The van der Waals surface area contributed by atoms with Gasteiger partial charge in [-0.05, 0) is 17.7 Å². The van der Waals surface area contributed by atoms with Crippen molar-refractivity contribution in [3.8, 4) is 11.1 Å². The number of H-pyrrole nitrogens is 1. The number of thiophene rings is 1. The Morgan fingerprint density at radius 3 is 2.52 bits per heavy atom. The van der Waals surface area contributed by atoms with Gasteiger partial charge in [-0.2, -0.15) is 0 Å². The number of hydrogen-bond acceptors (Lipinski definition) is 7. The van der Waals surface area contributed by atoms with Crippen molar-refractivity contribution in [3.63, 3.8) is 0 Å². The van der Waals surface area contributed by atoms with E-state index in [1.807, 2.05) is 24.3 Å². The van der Waals surface area contributed by atoms with E-state index in [1.54, 1.807) is 5.38 Å². The number of aliphatic hydroxyl groups excluding tert-OH is 3. The number of nitrogens with zero attached hydrogens (tertiary/aromatic N) is 1. The second-order valence-corrected chi connectivity index (χ2v) is 7.99. The van der Waals surface area contributed by atoms with Crippen LogP contribution >= 0.6 is 27.3 Å². The molecule has 3 aromatic rings. The van der Waals surface area contributed by atoms with Gasteiger partial charge in [-0.1, -0.05) is 28.1 Å². The molecule has 0 saturated carbocycles. The summed E-state index contributed by atoms with van der Waals surface area (Å²) in [6.45, 7) is -0.515. The second-order valence-electron chi connectivity index (χ2n) is 6.19. The summed E-state index contributed by atoms with van der Waals surface area (Å²) in [5, 5.41) is 31.5. The molecule has 1 aliphatic heterocycles. The normalized spacial score (nSPS) is 25.3. The number of aromatic nitrogens is 2. The molecule has 1 saturated heterocycles. The Kier molecular flexibility index (Phi) is 4.78. The van der Waals surface area contributed by atoms with Gasteiger partial charge in [-0.15, -0.1) is 11.3 Å². The molecular weight excluding hydrogens is 440 g/mol. The summed E-state index contributed by atoms with van der Waals surface area (Å²) < 4.78 is 7.83. The number of aromatic amines is 1. The van der Waals surface area contributed by atoms with Crippen LogP contribution in [0.4, 0.5) is 0 Å². The third kappa shape index (κ3) is 2.98. The average molecular weight is 455 g/mol. The number of benzene rings is 1. The van der Waals surface area contributed by atoms with Crippen LogP contribution in [0, 0.1) is 0 Å². The van der Waals surface area contributed by atoms with Gasteiger partial charge in [0, 0.05) is 15.4 Å². The first-order valence-electron chi connectivity index (χ1n) is 8.06. The van der Waals surface area contributed by atoms with Gasteiger partial charge < -0.3 is 20.1 Å². The van der Waals surface area contributed by atoms with Gasteiger partial charge in [-0.3, -0.25) is 14.3 Å². The Labute approximate surface area is 164 Å². The maximum atomic E-state index is 12.6. The van der Waals surface area contributed by atoms with Gasteiger partial charge in [0.15, 0.2) is 6.23 Å². The molecule has 1 aromatic carbocycles. The van der Waals surface area contributed by atoms with E-state index in [0.29, 0.717) is 15.8 Å². The third-order valence-electron chi connectivity index (χ3n) is 4.58. The Hall–Kier alpha value is -1.82. The Bertz CT molecular complexity index is 1110. The highest BCUT2D eigenvalue weighted by Gasteiger charge is 2.44. The van der Waals surface area contributed by atoms with E-state index < -0.39 is 42.4 Å². The van der Waals surface area contributed by atoms with Gasteiger partial charge >= 0.3 is 5.69 Å². The minimum Gasteiger partial charge on any atom is -0.394 e. The fourth-order valence-electron chi connectivity index (χ4n) is 3.24. The topological polar surface area (TPSA) is 125 Å². The van der Waals surface area contributed by atoms with E-state index in [2.05, 4.69) is 20.9 Å². The van der Waals surface area contributed by atoms with Crippen LogP contribution in [0.2, 0.25) is 0 Å². The number of ether oxygens (including phenoxy) is 1. The molecule has 8 nitrogen and oxygen atoms in total. The van der Waals surface area contributed by atoms with Gasteiger partial charge in [0.1, 0.15) is 23.0 Å². The summed E-state index contributed by atoms with van der Waals surface area (Å²) in [6.07, 6.45) is -5.07. The second kappa shape index (κ2) is 6.97. The summed E-state index contributed by atoms with van der Waals surface area (Å²) in [5.41, 5.74) is 0.412. The molecule has 0 spiro atoms. The van der Waals surface area contributed by atoms with Crippen molar-refractivity contribution in [1.82, 2.24) is 9.55 Å². The lowest BCUT2D eigenvalue weighted by atomic mass is 10.1. The van der Waals surface area contributed by atoms with Crippen LogP contribution < -0.4 is 11.2 Å². The van der Waals surface area contributed by atoms with Crippen molar-refractivity contribution in [3.05, 3.63) is 55.0 Å². The largest absolute Gasteiger partial charge is 0.394 e. The molecule has 2 aromatic heterocycles. The van der Waals surface area contributed by atoms with Crippen molar-refractivity contribution in [2.24, 2.45) is 0 Å². The molecule has 0 amide bonds. The van der Waals surface area contributed by atoms with Crippen molar-refractivity contribution < 1.29 is 20.1 Å². The first kappa shape index (κ1) is 18.5. The number of nitrogens with one attached hydrogen (secondary N) is 1. The highest BCUT2D eigenvalue weighted by molar-refractivity contribution is 9.10. The molecule has 4 atom stereocenters. The lowest BCUT2D eigenvalue weighted by Crippen LogP contribution is -2.38. The van der Waals surface area contributed by atoms with Gasteiger partial charge in [0.05, 0.1) is 12.1 Å². The molecule has 1 fully saturated rings. The molecule has 3 heterocycles. The highest BCUT2D eigenvalue weighted by Crippen LogP contribution is 2.36. The summed E-state index contributed by atoms with van der Waals surface area (Å²) in [7, 11) is 0. The average Bonchev–Trinajstić information content (AvgIpc) is 3.20. The highest BCUT2D eigenvalue weighted by atomic mass is 79.9. The number of fused-ring (bicyclic) bond motifs is 1. The lowest BCUT2D eigenvalue weighted by Gasteiger charge is -2.19. The lowest BCUT2D eigenvalue weighted by molar-refractivity contribution is -0.0527. The van der Waals surface area contributed by atoms with Crippen LogP contribution in [-0.2, 0) is 4.74 Å². The van der Waals surface area contributed by atoms with E-state index in [4.69, 9.17) is 4.74 Å². The summed E-state index contributed by atoms with van der Waals surface area (Å²) in [5.74, 6) is 0. The minimum absolute atomic E-state index is 0.297. The Morgan fingerprint density at radius 2 is 1.89 bits per heavy atom. The minimum atomic E-state index is -1.44. The van der Waals surface area contributed by atoms with Crippen LogP contribution in [0.1, 0.15) is 6.23 Å². The molecule has 0 radical (unpaired) electrons. The summed E-state index contributed by atoms with van der Waals surface area (Å²) in [6, 6.07) is 7.33. The molecule has 0 bridgehead atoms. The Morgan fingerprint density at radius 1 is 1.19 bits per heavy atom. The molecule has 1 aliphatic rings. The van der Waals surface area contributed by atoms with E-state index in [-0.39, 0.29) is 0 Å². The first-order chi connectivity index (χ1) is 12.9. The standard InChI is InChI=1S/C17H15BrN2O6S/c18-8-3-1-7(2-4-8)9-6-27-14-11(9)20(17(25)19-15(14)24)16-13(23)12(22)10(5-21)26-16/h1-4,6,10,12-13,16,21-23H,5H2,(H,19,24,25)/t10-,12-,13-,16-/m1/s1. The van der Waals surface area contributed by atoms with Gasteiger partial charge in [0.2, 0.25) is 0 Å². The monoisotopic (exact) mass is 454 g/mol. The van der Waals surface area contributed by atoms with Crippen molar-refractivity contribution in [2.45, 2.75) is 24.5 Å². The van der Waals surface area contributed by atoms with Crippen LogP contribution in [0.5, 0.6) is 0 Å². The maximum Gasteiger partial charge on any atom is 0.331 e. The molecule has 4 rings (SSSR count). The van der Waals surface area contributed by atoms with Crippen molar-refractivity contribution in [1.29, 1.82) is 0 Å². The van der Waals surface area contributed by atoms with Crippen LogP contribution in [0.3, 0.4) is 0 Å². The van der Waals surface area contributed by atoms with E-state index in [0.717, 1.165) is 14.6 Å². The predicted molar refractivity (Wildman–Crippen MR) is 103 cm³/mol. The van der Waals surface area contributed by atoms with Gasteiger partial charge in [0.25, 0.3) is 5.56 Å². The summed E-state index contributed by atoms with van der Waals surface area (Å²) in [4.78, 5) is 27.1. The molecule has 0 unspecified atom stereocenters. The Balaban J connectivity index is 1.98. The van der Waals surface area contributed by atoms with E-state index >= 15 is 0 Å². The maximum absolute atomic E-state index is 12.6. The number of rotatable bonds is 3. The molecule has 27 heavy (non-hydrogen) atoms. The summed E-state index contributed by atoms with van der Waals surface area (Å²) >= 11 is 4.53. The fourth-order valence-corrected chi connectivity index (χ4v) is 4.46. The smallest absolute Gasteiger partial charge is 0.331 e.